The molecule has 0 aromatic carbocycles. The van der Waals surface area contributed by atoms with Crippen molar-refractivity contribution in [2.45, 2.75) is 48.5 Å². The summed E-state index contributed by atoms with van der Waals surface area (Å²) in [5, 5.41) is 8.80. The van der Waals surface area contributed by atoms with Crippen molar-refractivity contribution in [1.82, 2.24) is 30.8 Å². The van der Waals surface area contributed by atoms with Crippen molar-refractivity contribution in [3.63, 3.8) is 0 Å². The first kappa shape index (κ1) is 30.9. The Morgan fingerprint density at radius 2 is 1.03 bits per heavy atom. The summed E-state index contributed by atoms with van der Waals surface area (Å²) in [7, 11) is 6.09. The second-order valence-electron chi connectivity index (χ2n) is 8.23. The number of hydrazone groups is 2. The van der Waals surface area contributed by atoms with Crippen molar-refractivity contribution in [2.24, 2.45) is 22.0 Å². The van der Waals surface area contributed by atoms with Gasteiger partial charge in [-0.15, -0.1) is 0 Å². The zero-order chi connectivity index (χ0) is 28.1. The van der Waals surface area contributed by atoms with Gasteiger partial charge in [0.1, 0.15) is 0 Å². The molecule has 0 fully saturated rings. The number of hydrogen-bond acceptors (Lipinski definition) is 13. The first-order chi connectivity index (χ1) is 18.2. The van der Waals surface area contributed by atoms with Crippen LogP contribution in [-0.2, 0) is 0 Å². The van der Waals surface area contributed by atoms with Crippen LogP contribution in [0.3, 0.4) is 0 Å². The predicted octanol–water partition coefficient (Wildman–Crippen LogP) is 3.51. The summed E-state index contributed by atoms with van der Waals surface area (Å²) in [6.45, 7) is 8.10. The molecule has 0 aliphatic heterocycles. The summed E-state index contributed by atoms with van der Waals surface area (Å²) in [4.78, 5) is 29.5. The summed E-state index contributed by atoms with van der Waals surface area (Å²) in [5.74, 6) is 1.92. The molecule has 2 aromatic heterocycles. The molecule has 15 heteroatoms. The number of hydrogen-bond donors (Lipinski definition) is 2. The van der Waals surface area contributed by atoms with E-state index in [0.717, 1.165) is 0 Å². The predicted molar refractivity (Wildman–Crippen MR) is 148 cm³/mol. The van der Waals surface area contributed by atoms with Crippen molar-refractivity contribution < 1.29 is 23.7 Å². The third kappa shape index (κ3) is 10.2. The highest BCUT2D eigenvalue weighted by atomic mass is 32.2. The summed E-state index contributed by atoms with van der Waals surface area (Å²) in [6.07, 6.45) is 3.24. The average Bonchev–Trinajstić information content (AvgIpc) is 2.91. The Labute approximate surface area is 231 Å². The second-order valence-corrected chi connectivity index (χ2v) is 10.5. The Kier molecular flexibility index (Phi) is 12.9. The van der Waals surface area contributed by atoms with Crippen LogP contribution in [-0.4, -0.2) is 77.3 Å². The maximum absolute atomic E-state index is 12.2. The molecule has 0 spiro atoms. The lowest BCUT2D eigenvalue weighted by Gasteiger charge is -2.15. The minimum absolute atomic E-state index is 0.128. The lowest BCUT2D eigenvalue weighted by molar-refractivity contribution is 0.242. The molecule has 2 unspecified atom stereocenters. The van der Waals surface area contributed by atoms with Crippen LogP contribution in [0.2, 0.25) is 0 Å². The van der Waals surface area contributed by atoms with Crippen molar-refractivity contribution in [3.8, 4) is 23.5 Å². The van der Waals surface area contributed by atoms with Crippen LogP contribution in [0.15, 0.2) is 32.6 Å². The molecule has 2 amide bonds. The first-order valence-corrected chi connectivity index (χ1v) is 13.3. The molecule has 2 rings (SSSR count). The van der Waals surface area contributed by atoms with Gasteiger partial charge in [-0.05, 0) is 11.8 Å². The van der Waals surface area contributed by atoms with E-state index in [0.29, 0.717) is 33.8 Å². The van der Waals surface area contributed by atoms with Crippen molar-refractivity contribution in [3.05, 3.63) is 12.1 Å². The van der Waals surface area contributed by atoms with Gasteiger partial charge in [0.25, 0.3) is 0 Å². The molecular weight excluding hydrogens is 532 g/mol. The minimum Gasteiger partial charge on any atom is -0.481 e. The number of methoxy groups -OCH3 is 4. The molecule has 2 N–H and O–H groups in total. The third-order valence-corrected chi connectivity index (χ3v) is 7.39. The summed E-state index contributed by atoms with van der Waals surface area (Å²) in [5.41, 5.74) is 4.84. The van der Waals surface area contributed by atoms with E-state index in [1.807, 2.05) is 27.7 Å². The van der Waals surface area contributed by atoms with Gasteiger partial charge in [-0.3, -0.25) is 0 Å². The van der Waals surface area contributed by atoms with Crippen LogP contribution in [0.4, 0.5) is 4.79 Å². The van der Waals surface area contributed by atoms with Gasteiger partial charge in [0.2, 0.25) is 23.5 Å². The molecule has 208 valence electrons. The lowest BCUT2D eigenvalue weighted by Crippen LogP contribution is -2.30. The van der Waals surface area contributed by atoms with E-state index in [1.165, 1.54) is 52.0 Å². The maximum atomic E-state index is 12.2. The Bertz CT molecular complexity index is 975. The van der Waals surface area contributed by atoms with Crippen LogP contribution in [0.5, 0.6) is 23.5 Å². The summed E-state index contributed by atoms with van der Waals surface area (Å²) in [6, 6.07) is 2.60. The molecule has 13 nitrogen and oxygen atoms in total. The molecule has 0 saturated heterocycles. The van der Waals surface area contributed by atoms with Crippen molar-refractivity contribution >= 4 is 42.0 Å². The molecule has 0 aliphatic carbocycles. The number of nitrogens with zero attached hydrogens (tertiary/aromatic N) is 6. The van der Waals surface area contributed by atoms with Crippen LogP contribution in [0, 0.1) is 11.8 Å². The van der Waals surface area contributed by atoms with Gasteiger partial charge in [0.05, 0.1) is 51.1 Å². The minimum atomic E-state index is -0.587. The molecule has 2 aromatic rings. The maximum Gasteiger partial charge on any atom is 0.355 e. The van der Waals surface area contributed by atoms with E-state index < -0.39 is 6.03 Å². The summed E-state index contributed by atoms with van der Waals surface area (Å²) >= 11 is 2.75. The van der Waals surface area contributed by atoms with Gasteiger partial charge in [-0.25, -0.2) is 15.6 Å². The Hall–Kier alpha value is -3.33. The molecule has 0 saturated carbocycles. The highest BCUT2D eigenvalue weighted by Gasteiger charge is 2.18. The lowest BCUT2D eigenvalue weighted by atomic mass is 10.1. The van der Waals surface area contributed by atoms with E-state index in [4.69, 9.17) is 18.9 Å². The van der Waals surface area contributed by atoms with Crippen molar-refractivity contribution in [2.75, 3.05) is 28.4 Å². The largest absolute Gasteiger partial charge is 0.481 e. The van der Waals surface area contributed by atoms with Gasteiger partial charge < -0.3 is 18.9 Å². The molecule has 2 atom stereocenters. The Morgan fingerprint density at radius 1 is 0.711 bits per heavy atom. The zero-order valence-electron chi connectivity index (χ0n) is 22.7. The number of aromatic nitrogens is 4. The van der Waals surface area contributed by atoms with Gasteiger partial charge in [-0.2, -0.15) is 30.1 Å². The molecular formula is C23H34N8O5S2. The van der Waals surface area contributed by atoms with Gasteiger partial charge >= 0.3 is 6.03 Å². The Balaban J connectivity index is 1.96. The van der Waals surface area contributed by atoms with Crippen LogP contribution < -0.4 is 29.8 Å². The fraction of sp³-hybridized carbons (Fsp3) is 0.522. The normalized spacial score (nSPS) is 13.1. The van der Waals surface area contributed by atoms with E-state index in [1.54, 1.807) is 24.6 Å². The SMILES string of the molecule is COc1cc(OC)nc(SC(C=NNC(=O)NN=CC(Sc2nc(OC)cc(OC)n2)C(C)C)C(C)C)n1. The molecule has 0 bridgehead atoms. The number of ether oxygens (including phenoxy) is 4. The highest BCUT2D eigenvalue weighted by molar-refractivity contribution is 8.00. The van der Waals surface area contributed by atoms with Crippen LogP contribution in [0.25, 0.3) is 0 Å². The number of urea groups is 1. The molecule has 0 aliphatic rings. The van der Waals surface area contributed by atoms with E-state index in [9.17, 15) is 4.79 Å². The number of nitrogens with one attached hydrogen (secondary N) is 2. The van der Waals surface area contributed by atoms with E-state index in [-0.39, 0.29) is 22.3 Å². The smallest absolute Gasteiger partial charge is 0.355 e. The number of rotatable bonds is 14. The zero-order valence-corrected chi connectivity index (χ0v) is 24.3. The average molecular weight is 567 g/mol. The Morgan fingerprint density at radius 3 is 1.29 bits per heavy atom. The standard InChI is InChI=1S/C23H34N8O5S2/c1-13(2)15(37-22-26-17(33-5)9-18(27-22)34-6)11-24-30-21(32)31-25-12-16(14(3)4)38-23-28-19(35-7)10-20(29-23)36-8/h9-16H,1-8H3,(H2,30,31,32). The van der Waals surface area contributed by atoms with Crippen LogP contribution in [0.1, 0.15) is 27.7 Å². The topological polar surface area (TPSA) is 154 Å². The molecule has 0 radical (unpaired) electrons. The number of amides is 2. The van der Waals surface area contributed by atoms with E-state index >= 15 is 0 Å². The molecule has 38 heavy (non-hydrogen) atoms. The van der Waals surface area contributed by atoms with E-state index in [2.05, 4.69) is 41.0 Å². The highest BCUT2D eigenvalue weighted by Crippen LogP contribution is 2.29. The monoisotopic (exact) mass is 566 g/mol. The number of carbonyl (C=O) groups is 1. The summed E-state index contributed by atoms with van der Waals surface area (Å²) < 4.78 is 20.8. The van der Waals surface area contributed by atoms with Crippen molar-refractivity contribution in [1.29, 1.82) is 0 Å². The fourth-order valence-corrected chi connectivity index (χ4v) is 4.42. The van der Waals surface area contributed by atoms with Gasteiger partial charge in [0.15, 0.2) is 10.3 Å². The van der Waals surface area contributed by atoms with Crippen LogP contribution >= 0.6 is 23.5 Å². The molecule has 2 heterocycles. The number of thioether (sulfide) groups is 2. The third-order valence-electron chi connectivity index (χ3n) is 4.73. The second kappa shape index (κ2) is 15.8. The fourth-order valence-electron chi connectivity index (χ4n) is 2.58. The quantitative estimate of drug-likeness (QED) is 0.149. The first-order valence-electron chi connectivity index (χ1n) is 11.6. The van der Waals surface area contributed by atoms with Gasteiger partial charge in [0, 0.05) is 12.4 Å². The van der Waals surface area contributed by atoms with Gasteiger partial charge in [-0.1, -0.05) is 51.2 Å². The number of carbonyl (C=O) groups excluding carboxylic acids is 1.